The largest absolute Gasteiger partial charge is 0.271 e. The summed E-state index contributed by atoms with van der Waals surface area (Å²) in [5.74, 6) is 8.21. The highest BCUT2D eigenvalue weighted by Gasteiger charge is 2.43. The van der Waals surface area contributed by atoms with E-state index in [2.05, 4.69) is 35.8 Å². The third-order valence-electron chi connectivity index (χ3n) is 4.86. The lowest BCUT2D eigenvalue weighted by atomic mass is 9.94. The molecule has 0 aliphatic heterocycles. The molecule has 0 spiro atoms. The van der Waals surface area contributed by atoms with Crippen LogP contribution in [0.15, 0.2) is 30.3 Å². The van der Waals surface area contributed by atoms with E-state index in [0.29, 0.717) is 6.04 Å². The average molecular weight is 244 g/mol. The van der Waals surface area contributed by atoms with Crippen molar-refractivity contribution in [2.24, 2.45) is 17.7 Å². The fourth-order valence-corrected chi connectivity index (χ4v) is 3.71. The molecule has 98 valence electrons. The number of nitrogens with two attached hydrogens (primary N) is 1. The summed E-state index contributed by atoms with van der Waals surface area (Å²) in [6.07, 6.45) is 8.28. The van der Waals surface area contributed by atoms with Crippen molar-refractivity contribution >= 4 is 0 Å². The van der Waals surface area contributed by atoms with Crippen molar-refractivity contribution in [3.05, 3.63) is 35.9 Å². The summed E-state index contributed by atoms with van der Waals surface area (Å²) in [5, 5.41) is 0. The molecule has 2 aliphatic carbocycles. The van der Waals surface area contributed by atoms with Crippen LogP contribution in [0.5, 0.6) is 0 Å². The molecule has 0 bridgehead atoms. The molecule has 2 saturated carbocycles. The van der Waals surface area contributed by atoms with Crippen molar-refractivity contribution < 1.29 is 0 Å². The quantitative estimate of drug-likeness (QED) is 0.616. The molecular formula is C16H24N2. The fraction of sp³-hybridized carbons (Fsp3) is 0.625. The number of rotatable bonds is 5. The summed E-state index contributed by atoms with van der Waals surface area (Å²) >= 11 is 0. The highest BCUT2D eigenvalue weighted by Crippen LogP contribution is 2.51. The van der Waals surface area contributed by atoms with Gasteiger partial charge in [-0.25, -0.2) is 0 Å². The minimum Gasteiger partial charge on any atom is -0.271 e. The summed E-state index contributed by atoms with van der Waals surface area (Å²) in [6.45, 7) is 0. The molecule has 2 heteroatoms. The van der Waals surface area contributed by atoms with Crippen LogP contribution in [0, 0.1) is 11.8 Å². The molecular weight excluding hydrogens is 220 g/mol. The number of hydrogen-bond donors (Lipinski definition) is 2. The molecule has 1 aromatic carbocycles. The van der Waals surface area contributed by atoms with E-state index in [-0.39, 0.29) is 0 Å². The lowest BCUT2D eigenvalue weighted by Gasteiger charge is -2.20. The van der Waals surface area contributed by atoms with Crippen LogP contribution in [-0.2, 0) is 0 Å². The Bertz CT molecular complexity index is 370. The minimum absolute atomic E-state index is 0.526. The van der Waals surface area contributed by atoms with Crippen LogP contribution in [0.4, 0.5) is 0 Å². The molecule has 2 nitrogen and oxygen atoms in total. The molecule has 0 amide bonds. The second kappa shape index (κ2) is 5.41. The normalized spacial score (nSPS) is 29.4. The van der Waals surface area contributed by atoms with E-state index in [4.69, 9.17) is 5.84 Å². The van der Waals surface area contributed by atoms with Gasteiger partial charge in [-0.3, -0.25) is 11.3 Å². The lowest BCUT2D eigenvalue weighted by Crippen LogP contribution is -2.38. The van der Waals surface area contributed by atoms with Crippen molar-refractivity contribution in [3.8, 4) is 0 Å². The summed E-state index contributed by atoms with van der Waals surface area (Å²) < 4.78 is 0. The average Bonchev–Trinajstić information content (AvgIpc) is 3.05. The zero-order valence-electron chi connectivity index (χ0n) is 11.0. The molecule has 3 unspecified atom stereocenters. The van der Waals surface area contributed by atoms with E-state index in [1.807, 2.05) is 0 Å². The van der Waals surface area contributed by atoms with Gasteiger partial charge < -0.3 is 0 Å². The Balaban J connectivity index is 1.57. The summed E-state index contributed by atoms with van der Waals surface area (Å²) in [7, 11) is 0. The highest BCUT2D eigenvalue weighted by molar-refractivity contribution is 5.26. The van der Waals surface area contributed by atoms with Crippen molar-refractivity contribution in [1.82, 2.24) is 5.43 Å². The second-order valence-electron chi connectivity index (χ2n) is 6.08. The number of benzene rings is 1. The van der Waals surface area contributed by atoms with Crippen molar-refractivity contribution in [2.45, 2.75) is 50.5 Å². The zero-order chi connectivity index (χ0) is 12.4. The predicted molar refractivity (Wildman–Crippen MR) is 75.0 cm³/mol. The summed E-state index contributed by atoms with van der Waals surface area (Å²) in [6, 6.07) is 11.4. The van der Waals surface area contributed by atoms with E-state index < -0.39 is 0 Å². The molecule has 0 aromatic heterocycles. The number of hydrogen-bond acceptors (Lipinski definition) is 2. The molecule has 3 rings (SSSR count). The minimum atomic E-state index is 0.526. The first-order chi connectivity index (χ1) is 8.88. The monoisotopic (exact) mass is 244 g/mol. The van der Waals surface area contributed by atoms with Crippen LogP contribution >= 0.6 is 0 Å². The number of hydrazine groups is 1. The predicted octanol–water partition coefficient (Wildman–Crippen LogP) is 3.20. The van der Waals surface area contributed by atoms with Crippen LogP contribution in [0.1, 0.15) is 50.0 Å². The van der Waals surface area contributed by atoms with Gasteiger partial charge in [0.2, 0.25) is 0 Å². The number of nitrogens with one attached hydrogen (secondary N) is 1. The Morgan fingerprint density at radius 2 is 1.89 bits per heavy atom. The van der Waals surface area contributed by atoms with E-state index >= 15 is 0 Å². The Labute approximate surface area is 110 Å². The van der Waals surface area contributed by atoms with Gasteiger partial charge in [0.15, 0.2) is 0 Å². The second-order valence-corrected chi connectivity index (χ2v) is 6.08. The maximum atomic E-state index is 5.78. The first-order valence-electron chi connectivity index (χ1n) is 7.39. The van der Waals surface area contributed by atoms with Crippen LogP contribution in [0.2, 0.25) is 0 Å². The first kappa shape index (κ1) is 12.2. The van der Waals surface area contributed by atoms with Gasteiger partial charge in [-0.15, -0.1) is 0 Å². The Hall–Kier alpha value is -0.860. The summed E-state index contributed by atoms with van der Waals surface area (Å²) in [4.78, 5) is 0. The smallest absolute Gasteiger partial charge is 0.0247 e. The van der Waals surface area contributed by atoms with Gasteiger partial charge >= 0.3 is 0 Å². The lowest BCUT2D eigenvalue weighted by molar-refractivity contribution is 0.358. The molecule has 0 radical (unpaired) electrons. The highest BCUT2D eigenvalue weighted by atomic mass is 15.2. The topological polar surface area (TPSA) is 38.0 Å². The molecule has 0 heterocycles. The van der Waals surface area contributed by atoms with Gasteiger partial charge in [0.05, 0.1) is 0 Å². The van der Waals surface area contributed by atoms with Crippen LogP contribution < -0.4 is 11.3 Å². The molecule has 3 N–H and O–H groups in total. The van der Waals surface area contributed by atoms with E-state index in [0.717, 1.165) is 17.8 Å². The van der Waals surface area contributed by atoms with Gasteiger partial charge in [-0.1, -0.05) is 56.0 Å². The van der Waals surface area contributed by atoms with Crippen molar-refractivity contribution in [2.75, 3.05) is 0 Å². The molecule has 3 atom stereocenters. The van der Waals surface area contributed by atoms with E-state index in [1.54, 1.807) is 0 Å². The third-order valence-corrected chi connectivity index (χ3v) is 4.86. The standard InChI is InChI=1S/C16H24N2/c17-18-16(10-12-6-4-5-7-12)15-11-14(15)13-8-2-1-3-9-13/h1-3,8-9,12,14-16,18H,4-7,10-11,17H2. The SMILES string of the molecule is NNC(CC1CCCC1)C1CC1c1ccccc1. The molecule has 1 aromatic rings. The van der Waals surface area contributed by atoms with Crippen LogP contribution in [-0.4, -0.2) is 6.04 Å². The maximum absolute atomic E-state index is 5.78. The zero-order valence-corrected chi connectivity index (χ0v) is 11.0. The fourth-order valence-electron chi connectivity index (χ4n) is 3.71. The third kappa shape index (κ3) is 2.60. The van der Waals surface area contributed by atoms with Gasteiger partial charge in [0.25, 0.3) is 0 Å². The van der Waals surface area contributed by atoms with E-state index in [9.17, 15) is 0 Å². The maximum Gasteiger partial charge on any atom is 0.0247 e. The summed E-state index contributed by atoms with van der Waals surface area (Å²) in [5.41, 5.74) is 4.59. The van der Waals surface area contributed by atoms with Gasteiger partial charge in [0.1, 0.15) is 0 Å². The van der Waals surface area contributed by atoms with Gasteiger partial charge in [-0.2, -0.15) is 0 Å². The Morgan fingerprint density at radius 1 is 1.17 bits per heavy atom. The Morgan fingerprint density at radius 3 is 2.56 bits per heavy atom. The molecule has 0 saturated heterocycles. The molecule has 18 heavy (non-hydrogen) atoms. The van der Waals surface area contributed by atoms with E-state index in [1.165, 1.54) is 44.1 Å². The van der Waals surface area contributed by atoms with Crippen LogP contribution in [0.3, 0.4) is 0 Å². The van der Waals surface area contributed by atoms with Crippen LogP contribution in [0.25, 0.3) is 0 Å². The van der Waals surface area contributed by atoms with Crippen molar-refractivity contribution in [3.63, 3.8) is 0 Å². The molecule has 2 aliphatic rings. The first-order valence-corrected chi connectivity index (χ1v) is 7.39. The molecule has 2 fully saturated rings. The van der Waals surface area contributed by atoms with Crippen molar-refractivity contribution in [1.29, 1.82) is 0 Å². The Kier molecular flexibility index (Phi) is 3.67. The van der Waals surface area contributed by atoms with Gasteiger partial charge in [0, 0.05) is 6.04 Å². The van der Waals surface area contributed by atoms with Gasteiger partial charge in [-0.05, 0) is 36.2 Å².